The van der Waals surface area contributed by atoms with Crippen molar-refractivity contribution in [3.8, 4) is 11.4 Å². The zero-order valence-corrected chi connectivity index (χ0v) is 9.99. The van der Waals surface area contributed by atoms with Crippen LogP contribution in [-0.2, 0) is 0 Å². The molecule has 1 N–H and O–H groups in total. The smallest absolute Gasteiger partial charge is 0.140 e. The van der Waals surface area contributed by atoms with Gasteiger partial charge in [0.25, 0.3) is 0 Å². The Labute approximate surface area is 103 Å². The fraction of sp³-hybridized carbons (Fsp3) is 0.0769. The van der Waals surface area contributed by atoms with Crippen LogP contribution in [0.3, 0.4) is 0 Å². The first-order valence-electron chi connectivity index (χ1n) is 5.31. The van der Waals surface area contributed by atoms with Crippen molar-refractivity contribution in [1.82, 2.24) is 15.0 Å². The van der Waals surface area contributed by atoms with E-state index in [4.69, 9.17) is 11.6 Å². The van der Waals surface area contributed by atoms with Gasteiger partial charge in [0, 0.05) is 22.5 Å². The third kappa shape index (κ3) is 1.89. The highest BCUT2D eigenvalue weighted by atomic mass is 35.5. The number of aryl methyl sites for hydroxylation is 1. The lowest BCUT2D eigenvalue weighted by Crippen LogP contribution is -1.84. The van der Waals surface area contributed by atoms with Crippen LogP contribution in [0.1, 0.15) is 5.69 Å². The number of fused-ring (bicyclic) bond motifs is 1. The number of pyridine rings is 1. The van der Waals surface area contributed by atoms with Gasteiger partial charge in [-0.05, 0) is 37.3 Å². The molecule has 3 nitrogen and oxygen atoms in total. The average Bonchev–Trinajstić information content (AvgIpc) is 2.72. The van der Waals surface area contributed by atoms with Gasteiger partial charge in [-0.15, -0.1) is 0 Å². The van der Waals surface area contributed by atoms with Crippen LogP contribution in [-0.4, -0.2) is 15.0 Å². The normalized spacial score (nSPS) is 10.9. The van der Waals surface area contributed by atoms with E-state index in [0.29, 0.717) is 5.02 Å². The van der Waals surface area contributed by atoms with Crippen LogP contribution < -0.4 is 0 Å². The summed E-state index contributed by atoms with van der Waals surface area (Å²) >= 11 is 5.93. The van der Waals surface area contributed by atoms with Crippen LogP contribution in [0.15, 0.2) is 36.5 Å². The molecule has 3 aromatic rings. The molecule has 4 heteroatoms. The maximum Gasteiger partial charge on any atom is 0.140 e. The number of aromatic nitrogens is 3. The summed E-state index contributed by atoms with van der Waals surface area (Å²) in [5.41, 5.74) is 3.81. The van der Waals surface area contributed by atoms with Crippen molar-refractivity contribution in [1.29, 1.82) is 0 Å². The molecule has 0 spiro atoms. The lowest BCUT2D eigenvalue weighted by atomic mass is 10.2. The number of nitrogens with one attached hydrogen (secondary N) is 1. The Kier molecular flexibility index (Phi) is 2.34. The van der Waals surface area contributed by atoms with Gasteiger partial charge in [0.15, 0.2) is 0 Å². The van der Waals surface area contributed by atoms with Crippen molar-refractivity contribution in [2.24, 2.45) is 0 Å². The van der Waals surface area contributed by atoms with Crippen molar-refractivity contribution < 1.29 is 0 Å². The maximum atomic E-state index is 5.93. The van der Waals surface area contributed by atoms with E-state index in [1.54, 1.807) is 0 Å². The molecular formula is C13H10ClN3. The third-order valence-electron chi connectivity index (χ3n) is 2.63. The highest BCUT2D eigenvalue weighted by molar-refractivity contribution is 6.31. The number of benzene rings is 1. The molecule has 0 bridgehead atoms. The molecule has 0 fully saturated rings. The predicted octanol–water partition coefficient (Wildman–Crippen LogP) is 3.59. The molecule has 2 heterocycles. The largest absolute Gasteiger partial charge is 0.338 e. The summed E-state index contributed by atoms with van der Waals surface area (Å²) in [5, 5.41) is 0.703. The zero-order chi connectivity index (χ0) is 11.8. The van der Waals surface area contributed by atoms with Crippen LogP contribution in [0.2, 0.25) is 5.02 Å². The number of aromatic amines is 1. The monoisotopic (exact) mass is 243 g/mol. The molecule has 0 atom stereocenters. The fourth-order valence-electron chi connectivity index (χ4n) is 1.73. The van der Waals surface area contributed by atoms with Crippen LogP contribution in [0.5, 0.6) is 0 Å². The average molecular weight is 244 g/mol. The number of nitrogens with zero attached hydrogens (tertiary/aromatic N) is 2. The Morgan fingerprint density at radius 2 is 2.06 bits per heavy atom. The summed E-state index contributed by atoms with van der Waals surface area (Å²) in [7, 11) is 0. The van der Waals surface area contributed by atoms with Gasteiger partial charge in [0.2, 0.25) is 0 Å². The van der Waals surface area contributed by atoms with E-state index in [0.717, 1.165) is 28.1 Å². The Bertz CT molecular complexity index is 671. The van der Waals surface area contributed by atoms with Crippen LogP contribution in [0, 0.1) is 6.92 Å². The van der Waals surface area contributed by atoms with E-state index in [9.17, 15) is 0 Å². The van der Waals surface area contributed by atoms with Crippen molar-refractivity contribution in [3.63, 3.8) is 0 Å². The predicted molar refractivity (Wildman–Crippen MR) is 69.1 cm³/mol. The number of rotatable bonds is 1. The fourth-order valence-corrected chi connectivity index (χ4v) is 1.90. The molecule has 0 saturated carbocycles. The molecule has 0 radical (unpaired) electrons. The molecule has 17 heavy (non-hydrogen) atoms. The summed E-state index contributed by atoms with van der Waals surface area (Å²) in [5.74, 6) is 0.815. The maximum absolute atomic E-state index is 5.93. The molecule has 0 amide bonds. The standard InChI is InChI=1S/C13H10ClN3/c1-8-2-3-9(7-15-8)13-16-11-5-4-10(14)6-12(11)17-13/h2-7H,1H3,(H,16,17). The number of halogens is 1. The molecule has 3 rings (SSSR count). The molecule has 0 aliphatic heterocycles. The minimum absolute atomic E-state index is 0.703. The second-order valence-electron chi connectivity index (χ2n) is 3.94. The third-order valence-corrected chi connectivity index (χ3v) is 2.86. The van der Waals surface area contributed by atoms with Gasteiger partial charge in [-0.3, -0.25) is 4.98 Å². The molecule has 0 saturated heterocycles. The Morgan fingerprint density at radius 1 is 1.18 bits per heavy atom. The lowest BCUT2D eigenvalue weighted by Gasteiger charge is -1.95. The van der Waals surface area contributed by atoms with E-state index < -0.39 is 0 Å². The van der Waals surface area contributed by atoms with Gasteiger partial charge >= 0.3 is 0 Å². The Balaban J connectivity index is 2.14. The minimum Gasteiger partial charge on any atom is -0.338 e. The van der Waals surface area contributed by atoms with E-state index in [2.05, 4.69) is 15.0 Å². The molecule has 84 valence electrons. The molecule has 0 aliphatic rings. The van der Waals surface area contributed by atoms with Crippen molar-refractivity contribution in [3.05, 3.63) is 47.2 Å². The first-order chi connectivity index (χ1) is 8.22. The van der Waals surface area contributed by atoms with E-state index in [1.807, 2.05) is 43.5 Å². The quantitative estimate of drug-likeness (QED) is 0.710. The number of H-pyrrole nitrogens is 1. The van der Waals surface area contributed by atoms with Crippen LogP contribution >= 0.6 is 11.6 Å². The lowest BCUT2D eigenvalue weighted by molar-refractivity contribution is 1.19. The van der Waals surface area contributed by atoms with Crippen LogP contribution in [0.4, 0.5) is 0 Å². The topological polar surface area (TPSA) is 41.6 Å². The van der Waals surface area contributed by atoms with Crippen molar-refractivity contribution in [2.75, 3.05) is 0 Å². The molecular weight excluding hydrogens is 234 g/mol. The summed E-state index contributed by atoms with van der Waals surface area (Å²) in [4.78, 5) is 12.0. The van der Waals surface area contributed by atoms with Gasteiger partial charge in [0.05, 0.1) is 11.0 Å². The highest BCUT2D eigenvalue weighted by Gasteiger charge is 2.05. The molecule has 0 aliphatic carbocycles. The summed E-state index contributed by atoms with van der Waals surface area (Å²) in [6, 6.07) is 9.58. The van der Waals surface area contributed by atoms with Gasteiger partial charge in [-0.1, -0.05) is 11.6 Å². The minimum atomic E-state index is 0.703. The van der Waals surface area contributed by atoms with Gasteiger partial charge in [0.1, 0.15) is 5.82 Å². The van der Waals surface area contributed by atoms with E-state index >= 15 is 0 Å². The number of imidazole rings is 1. The van der Waals surface area contributed by atoms with Crippen molar-refractivity contribution in [2.45, 2.75) is 6.92 Å². The molecule has 2 aromatic heterocycles. The number of hydrogen-bond donors (Lipinski definition) is 1. The SMILES string of the molecule is Cc1ccc(-c2nc3ccc(Cl)cc3[nH]2)cn1. The van der Waals surface area contributed by atoms with Gasteiger partial charge in [-0.25, -0.2) is 4.98 Å². The van der Waals surface area contributed by atoms with Gasteiger partial charge in [-0.2, -0.15) is 0 Å². The molecule has 1 aromatic carbocycles. The first kappa shape index (κ1) is 10.3. The Hall–Kier alpha value is -1.87. The van der Waals surface area contributed by atoms with E-state index in [-0.39, 0.29) is 0 Å². The van der Waals surface area contributed by atoms with Crippen molar-refractivity contribution >= 4 is 22.6 Å². The van der Waals surface area contributed by atoms with Crippen LogP contribution in [0.25, 0.3) is 22.4 Å². The summed E-state index contributed by atoms with van der Waals surface area (Å²) < 4.78 is 0. The first-order valence-corrected chi connectivity index (χ1v) is 5.68. The Morgan fingerprint density at radius 3 is 2.82 bits per heavy atom. The summed E-state index contributed by atoms with van der Waals surface area (Å²) in [6.45, 7) is 1.96. The molecule has 0 unspecified atom stereocenters. The van der Waals surface area contributed by atoms with Gasteiger partial charge < -0.3 is 4.98 Å². The zero-order valence-electron chi connectivity index (χ0n) is 9.24. The second kappa shape index (κ2) is 3.86. The second-order valence-corrected chi connectivity index (χ2v) is 4.37. The number of hydrogen-bond acceptors (Lipinski definition) is 2. The summed E-state index contributed by atoms with van der Waals surface area (Å²) in [6.07, 6.45) is 1.81. The van der Waals surface area contributed by atoms with E-state index in [1.165, 1.54) is 0 Å². The highest BCUT2D eigenvalue weighted by Crippen LogP contribution is 2.22.